The molecule has 0 N–H and O–H groups in total. The topological polar surface area (TPSA) is 65.5 Å². The van der Waals surface area contributed by atoms with Gasteiger partial charge >= 0.3 is 11.9 Å². The number of nitrogens with zero attached hydrogens (tertiary/aromatic N) is 1. The summed E-state index contributed by atoms with van der Waals surface area (Å²) in [5.74, 6) is 1.17. The first-order valence-electron chi connectivity index (χ1n) is 12.5. The molecule has 2 aliphatic carbocycles. The molecular weight excluding hydrogens is 433 g/mol. The average molecular weight is 466 g/mol. The lowest BCUT2D eigenvalue weighted by atomic mass is 9.60. The number of carbonyl (C=O) groups is 2. The Bertz CT molecular complexity index is 1050. The van der Waals surface area contributed by atoms with E-state index in [2.05, 4.69) is 4.98 Å². The van der Waals surface area contributed by atoms with E-state index < -0.39 is 0 Å². The summed E-state index contributed by atoms with van der Waals surface area (Å²) in [5.41, 5.74) is 2.76. The summed E-state index contributed by atoms with van der Waals surface area (Å²) < 4.78 is 24.6. The van der Waals surface area contributed by atoms with Crippen LogP contribution in [0.25, 0.3) is 11.1 Å². The second-order valence-electron chi connectivity index (χ2n) is 10.3. The molecule has 1 aromatic heterocycles. The highest BCUT2D eigenvalue weighted by atomic mass is 19.1. The lowest BCUT2D eigenvalue weighted by molar-refractivity contribution is -0.146. The first kappa shape index (κ1) is 23.0. The number of benzene rings is 1. The molecule has 7 unspecified atom stereocenters. The standard InChI is InChI=1S/C28H32FNO4/c1-16-26-25(28(32)34-16)13-21(15-33-17(2)31)24-11-8-18(27(24)26)6-9-23-10-7-20(14-30-23)19-4-3-5-22(29)12-19/h3-5,7,10,12,14,16,18,21,24-27H,6,8-9,11,13,15H2,1-2H3. The van der Waals surface area contributed by atoms with E-state index in [1.165, 1.54) is 19.1 Å². The van der Waals surface area contributed by atoms with Crippen molar-refractivity contribution in [2.75, 3.05) is 6.61 Å². The van der Waals surface area contributed by atoms with Crippen molar-refractivity contribution in [3.05, 3.63) is 54.1 Å². The smallest absolute Gasteiger partial charge is 0.309 e. The van der Waals surface area contributed by atoms with Gasteiger partial charge in [0, 0.05) is 30.3 Å². The van der Waals surface area contributed by atoms with E-state index in [-0.39, 0.29) is 41.6 Å². The number of aryl methyl sites for hydroxylation is 1. The number of pyridine rings is 1. The molecule has 180 valence electrons. The normalized spacial score (nSPS) is 32.1. The highest BCUT2D eigenvalue weighted by Crippen LogP contribution is 2.57. The van der Waals surface area contributed by atoms with E-state index in [4.69, 9.17) is 9.47 Å². The minimum Gasteiger partial charge on any atom is -0.466 e. The molecule has 0 bridgehead atoms. The van der Waals surface area contributed by atoms with Crippen LogP contribution in [0.3, 0.4) is 0 Å². The fourth-order valence-electron chi connectivity index (χ4n) is 6.96. The van der Waals surface area contributed by atoms with Crippen molar-refractivity contribution in [3.8, 4) is 11.1 Å². The molecule has 7 atom stereocenters. The molecule has 1 saturated heterocycles. The van der Waals surface area contributed by atoms with E-state index in [0.29, 0.717) is 24.4 Å². The van der Waals surface area contributed by atoms with Gasteiger partial charge in [-0.25, -0.2) is 4.39 Å². The van der Waals surface area contributed by atoms with Gasteiger partial charge < -0.3 is 9.47 Å². The van der Waals surface area contributed by atoms with Crippen molar-refractivity contribution in [3.63, 3.8) is 0 Å². The summed E-state index contributed by atoms with van der Waals surface area (Å²) in [6, 6.07) is 10.6. The van der Waals surface area contributed by atoms with Crippen LogP contribution in [-0.4, -0.2) is 29.6 Å². The number of ether oxygens (including phenoxy) is 2. The molecule has 3 fully saturated rings. The second kappa shape index (κ2) is 9.47. The molecular formula is C28H32FNO4. The van der Waals surface area contributed by atoms with Crippen LogP contribution in [-0.2, 0) is 25.5 Å². The van der Waals surface area contributed by atoms with Gasteiger partial charge in [0.1, 0.15) is 11.9 Å². The summed E-state index contributed by atoms with van der Waals surface area (Å²) in [7, 11) is 0. The Morgan fingerprint density at radius 3 is 2.74 bits per heavy atom. The molecule has 2 aromatic rings. The molecule has 1 aromatic carbocycles. The third kappa shape index (κ3) is 4.47. The van der Waals surface area contributed by atoms with Crippen molar-refractivity contribution < 1.29 is 23.5 Å². The maximum Gasteiger partial charge on any atom is 0.309 e. The molecule has 2 saturated carbocycles. The van der Waals surface area contributed by atoms with Crippen molar-refractivity contribution in [1.29, 1.82) is 0 Å². The Morgan fingerprint density at radius 1 is 1.15 bits per heavy atom. The Kier molecular flexibility index (Phi) is 6.41. The average Bonchev–Trinajstić information content (AvgIpc) is 3.36. The molecule has 6 heteroatoms. The number of hydrogen-bond donors (Lipinski definition) is 0. The van der Waals surface area contributed by atoms with E-state index in [0.717, 1.165) is 48.9 Å². The van der Waals surface area contributed by atoms with Crippen LogP contribution in [0, 0.1) is 41.3 Å². The van der Waals surface area contributed by atoms with Gasteiger partial charge in [0.2, 0.25) is 0 Å². The van der Waals surface area contributed by atoms with Crippen LogP contribution >= 0.6 is 0 Å². The van der Waals surface area contributed by atoms with Gasteiger partial charge in [0.25, 0.3) is 0 Å². The lowest BCUT2D eigenvalue weighted by Gasteiger charge is -2.43. The predicted molar refractivity (Wildman–Crippen MR) is 125 cm³/mol. The van der Waals surface area contributed by atoms with Crippen LogP contribution in [0.4, 0.5) is 4.39 Å². The maximum atomic E-state index is 13.5. The second-order valence-corrected chi connectivity index (χ2v) is 10.3. The fraction of sp³-hybridized carbons (Fsp3) is 0.536. The van der Waals surface area contributed by atoms with Crippen molar-refractivity contribution in [1.82, 2.24) is 4.98 Å². The zero-order chi connectivity index (χ0) is 23.8. The summed E-state index contributed by atoms with van der Waals surface area (Å²) in [6.07, 6.45) is 6.64. The first-order valence-corrected chi connectivity index (χ1v) is 12.5. The first-order chi connectivity index (χ1) is 16.4. The van der Waals surface area contributed by atoms with E-state index in [9.17, 15) is 14.0 Å². The summed E-state index contributed by atoms with van der Waals surface area (Å²) in [4.78, 5) is 28.7. The molecule has 0 spiro atoms. The van der Waals surface area contributed by atoms with Crippen LogP contribution in [0.2, 0.25) is 0 Å². The maximum absolute atomic E-state index is 13.5. The third-order valence-electron chi connectivity index (χ3n) is 8.38. The highest BCUT2D eigenvalue weighted by Gasteiger charge is 2.58. The van der Waals surface area contributed by atoms with Gasteiger partial charge in [-0.15, -0.1) is 0 Å². The minimum atomic E-state index is -0.261. The molecule has 0 radical (unpaired) electrons. The highest BCUT2D eigenvalue weighted by molar-refractivity contribution is 5.75. The summed E-state index contributed by atoms with van der Waals surface area (Å²) in [6.45, 7) is 3.88. The van der Waals surface area contributed by atoms with Crippen LogP contribution in [0.1, 0.15) is 45.2 Å². The fourth-order valence-corrected chi connectivity index (χ4v) is 6.96. The molecule has 0 amide bonds. The van der Waals surface area contributed by atoms with Gasteiger partial charge in [-0.05, 0) is 86.5 Å². The number of aromatic nitrogens is 1. The summed E-state index contributed by atoms with van der Waals surface area (Å²) >= 11 is 0. The molecule has 1 aliphatic heterocycles. The van der Waals surface area contributed by atoms with Crippen molar-refractivity contribution in [2.45, 2.75) is 52.1 Å². The summed E-state index contributed by atoms with van der Waals surface area (Å²) in [5, 5.41) is 0. The zero-order valence-electron chi connectivity index (χ0n) is 19.8. The monoisotopic (exact) mass is 465 g/mol. The molecule has 3 aliphatic rings. The van der Waals surface area contributed by atoms with Gasteiger partial charge in [-0.1, -0.05) is 18.2 Å². The quantitative estimate of drug-likeness (QED) is 0.547. The van der Waals surface area contributed by atoms with Gasteiger partial charge in [-0.3, -0.25) is 14.6 Å². The van der Waals surface area contributed by atoms with Crippen LogP contribution < -0.4 is 0 Å². The largest absolute Gasteiger partial charge is 0.466 e. The number of carbonyl (C=O) groups excluding carboxylic acids is 2. The lowest BCUT2D eigenvalue weighted by Crippen LogP contribution is -2.43. The molecule has 5 rings (SSSR count). The van der Waals surface area contributed by atoms with Crippen LogP contribution in [0.15, 0.2) is 42.6 Å². The number of rotatable bonds is 6. The molecule has 5 nitrogen and oxygen atoms in total. The number of fused-ring (bicyclic) bond motifs is 3. The number of esters is 2. The molecule has 34 heavy (non-hydrogen) atoms. The SMILES string of the molecule is CC(=O)OCC1CC2C(=O)OC(C)C2C2C(CCc3ccc(-c4cccc(F)c4)cn3)CCC12. The third-order valence-corrected chi connectivity index (χ3v) is 8.38. The van der Waals surface area contributed by atoms with Gasteiger partial charge in [-0.2, -0.15) is 0 Å². The van der Waals surface area contributed by atoms with Crippen LogP contribution in [0.5, 0.6) is 0 Å². The zero-order valence-corrected chi connectivity index (χ0v) is 19.8. The predicted octanol–water partition coefficient (Wildman–Crippen LogP) is 5.22. The van der Waals surface area contributed by atoms with Crippen molar-refractivity contribution >= 4 is 11.9 Å². The number of halogens is 1. The molecule has 2 heterocycles. The Balaban J connectivity index is 1.28. The van der Waals surface area contributed by atoms with E-state index >= 15 is 0 Å². The minimum absolute atomic E-state index is 0.0519. The van der Waals surface area contributed by atoms with E-state index in [1.54, 1.807) is 6.07 Å². The Hall–Kier alpha value is -2.76. The van der Waals surface area contributed by atoms with E-state index in [1.807, 2.05) is 31.3 Å². The van der Waals surface area contributed by atoms with Crippen molar-refractivity contribution in [2.24, 2.45) is 35.5 Å². The Morgan fingerprint density at radius 2 is 2.00 bits per heavy atom. The Labute approximate surface area is 200 Å². The van der Waals surface area contributed by atoms with Gasteiger partial charge in [0.05, 0.1) is 12.5 Å². The number of cyclic esters (lactones) is 1. The number of hydrogen-bond acceptors (Lipinski definition) is 5. The van der Waals surface area contributed by atoms with Gasteiger partial charge in [0.15, 0.2) is 0 Å².